The number of esters is 1. The van der Waals surface area contributed by atoms with Crippen molar-refractivity contribution in [3.8, 4) is 5.75 Å². The summed E-state index contributed by atoms with van der Waals surface area (Å²) in [5.41, 5.74) is -0.108. The highest BCUT2D eigenvalue weighted by molar-refractivity contribution is 6.30. The van der Waals surface area contributed by atoms with Gasteiger partial charge in [0.25, 0.3) is 5.56 Å². The molecule has 0 saturated heterocycles. The minimum Gasteiger partial charge on any atom is -0.483 e. The van der Waals surface area contributed by atoms with Crippen LogP contribution in [0.25, 0.3) is 5.52 Å². The van der Waals surface area contributed by atoms with E-state index in [0.29, 0.717) is 11.3 Å². The maximum absolute atomic E-state index is 13.7. The van der Waals surface area contributed by atoms with Gasteiger partial charge in [-0.15, -0.1) is 0 Å². The summed E-state index contributed by atoms with van der Waals surface area (Å²) in [6.45, 7) is -0.114. The van der Waals surface area contributed by atoms with Crippen LogP contribution in [0.2, 0.25) is 5.02 Å². The van der Waals surface area contributed by atoms with Crippen molar-refractivity contribution in [3.05, 3.63) is 115 Å². The summed E-state index contributed by atoms with van der Waals surface area (Å²) in [5.74, 6) is -1.79. The van der Waals surface area contributed by atoms with Crippen LogP contribution in [-0.2, 0) is 34.0 Å². The molecule has 9 nitrogen and oxygen atoms in total. The monoisotopic (exact) mass is 542 g/mol. The van der Waals surface area contributed by atoms with Gasteiger partial charge in [-0.05, 0) is 23.3 Å². The van der Waals surface area contributed by atoms with Crippen LogP contribution in [0.1, 0.15) is 27.2 Å². The average molecular weight is 543 g/mol. The van der Waals surface area contributed by atoms with Crippen LogP contribution in [0, 0.1) is 5.82 Å². The standard InChI is InChI=1S/C27H24ClFN2O7/c1-35-16-37-15-19-12-30(11-18-8-9-22(29)21(28)10-18)26(33)23-25(38-14-17-6-4-3-5-7-17)24(32)20(13-31(19)23)27(34)36-2/h3-10,12-13H,11,14-16H2,1-2H3. The molecule has 4 rings (SSSR count). The Morgan fingerprint density at radius 3 is 2.45 bits per heavy atom. The van der Waals surface area contributed by atoms with Crippen molar-refractivity contribution in [1.29, 1.82) is 0 Å². The first-order valence-electron chi connectivity index (χ1n) is 11.4. The number of nitrogens with zero attached hydrogens (tertiary/aromatic N) is 2. The summed E-state index contributed by atoms with van der Waals surface area (Å²) in [6, 6.07) is 13.1. The molecule has 0 N–H and O–H groups in total. The third-order valence-electron chi connectivity index (χ3n) is 5.66. The molecule has 2 aromatic carbocycles. The second-order valence-corrected chi connectivity index (χ2v) is 8.65. The van der Waals surface area contributed by atoms with Crippen molar-refractivity contribution in [2.24, 2.45) is 0 Å². The number of ether oxygens (including phenoxy) is 4. The molecule has 0 spiro atoms. The Kier molecular flexibility index (Phi) is 8.57. The Hall–Kier alpha value is -3.99. The molecule has 4 aromatic rings. The molecule has 198 valence electrons. The SMILES string of the molecule is COCOCc1cn(Cc2ccc(F)c(Cl)c2)c(=O)c2c(OCc3ccccc3)c(=O)c(C(=O)OC)cn12. The zero-order valence-electron chi connectivity index (χ0n) is 20.6. The second kappa shape index (κ2) is 12.0. The second-order valence-electron chi connectivity index (χ2n) is 8.24. The Bertz CT molecular complexity index is 1580. The minimum absolute atomic E-state index is 0.0116. The molecule has 11 heteroatoms. The van der Waals surface area contributed by atoms with E-state index in [1.165, 1.54) is 46.7 Å². The zero-order chi connectivity index (χ0) is 27.2. The summed E-state index contributed by atoms with van der Waals surface area (Å²) in [6.07, 6.45) is 2.74. The molecule has 0 atom stereocenters. The number of carbonyl (C=O) groups is 1. The molecule has 0 aliphatic rings. The summed E-state index contributed by atoms with van der Waals surface area (Å²) < 4.78 is 37.6. The largest absolute Gasteiger partial charge is 0.483 e. The lowest BCUT2D eigenvalue weighted by Gasteiger charge is -2.18. The summed E-state index contributed by atoms with van der Waals surface area (Å²) in [7, 11) is 2.61. The Labute approximate surface area is 221 Å². The quantitative estimate of drug-likeness (QED) is 0.171. The molecule has 0 radical (unpaired) electrons. The Morgan fingerprint density at radius 2 is 1.76 bits per heavy atom. The molecule has 0 bridgehead atoms. The van der Waals surface area contributed by atoms with Crippen LogP contribution in [0.3, 0.4) is 0 Å². The van der Waals surface area contributed by atoms with Gasteiger partial charge in [0.2, 0.25) is 5.43 Å². The number of pyridine rings is 1. The van der Waals surface area contributed by atoms with Crippen LogP contribution >= 0.6 is 11.6 Å². The van der Waals surface area contributed by atoms with E-state index in [1.54, 1.807) is 24.3 Å². The van der Waals surface area contributed by atoms with Gasteiger partial charge in [-0.1, -0.05) is 48.0 Å². The molecular formula is C27H24ClFN2O7. The molecule has 0 aliphatic heterocycles. The number of rotatable bonds is 10. The summed E-state index contributed by atoms with van der Waals surface area (Å²) in [4.78, 5) is 39.6. The number of fused-ring (bicyclic) bond motifs is 1. The van der Waals surface area contributed by atoms with Crippen molar-refractivity contribution in [3.63, 3.8) is 0 Å². The van der Waals surface area contributed by atoms with Crippen LogP contribution in [0.4, 0.5) is 4.39 Å². The molecule has 2 heterocycles. The van der Waals surface area contributed by atoms with E-state index in [1.807, 2.05) is 6.07 Å². The molecule has 0 aliphatic carbocycles. The Balaban J connectivity index is 1.94. The fourth-order valence-corrected chi connectivity index (χ4v) is 4.07. The van der Waals surface area contributed by atoms with E-state index in [0.717, 1.165) is 12.7 Å². The highest BCUT2D eigenvalue weighted by atomic mass is 35.5. The van der Waals surface area contributed by atoms with Crippen LogP contribution in [-0.4, -0.2) is 35.9 Å². The van der Waals surface area contributed by atoms with Gasteiger partial charge in [0.05, 0.1) is 31.0 Å². The predicted molar refractivity (Wildman–Crippen MR) is 137 cm³/mol. The first kappa shape index (κ1) is 27.1. The first-order chi connectivity index (χ1) is 18.3. The normalized spacial score (nSPS) is 11.1. The number of aromatic nitrogens is 2. The van der Waals surface area contributed by atoms with Crippen molar-refractivity contribution >= 4 is 23.1 Å². The third-order valence-corrected chi connectivity index (χ3v) is 5.95. The van der Waals surface area contributed by atoms with E-state index >= 15 is 0 Å². The number of methoxy groups -OCH3 is 2. The fourth-order valence-electron chi connectivity index (χ4n) is 3.86. The van der Waals surface area contributed by atoms with Crippen LogP contribution in [0.15, 0.2) is 70.5 Å². The number of halogens is 2. The molecule has 2 aromatic heterocycles. The smallest absolute Gasteiger partial charge is 0.343 e. The fraction of sp³-hybridized carbons (Fsp3) is 0.222. The number of hydrogen-bond acceptors (Lipinski definition) is 7. The van der Waals surface area contributed by atoms with Gasteiger partial charge >= 0.3 is 5.97 Å². The van der Waals surface area contributed by atoms with Crippen molar-refractivity contribution in [2.75, 3.05) is 21.0 Å². The van der Waals surface area contributed by atoms with E-state index in [4.69, 9.17) is 30.5 Å². The third kappa shape index (κ3) is 5.77. The van der Waals surface area contributed by atoms with Crippen molar-refractivity contribution in [1.82, 2.24) is 8.97 Å². The summed E-state index contributed by atoms with van der Waals surface area (Å²) in [5, 5.41) is -0.0918. The van der Waals surface area contributed by atoms with Gasteiger partial charge < -0.3 is 27.9 Å². The maximum Gasteiger partial charge on any atom is 0.343 e. The highest BCUT2D eigenvalue weighted by Crippen LogP contribution is 2.20. The topological polar surface area (TPSA) is 97.5 Å². The van der Waals surface area contributed by atoms with Gasteiger partial charge in [-0.25, -0.2) is 9.18 Å². The number of carbonyl (C=O) groups excluding carboxylic acids is 1. The molecule has 0 unspecified atom stereocenters. The van der Waals surface area contributed by atoms with Gasteiger partial charge in [0.1, 0.15) is 24.8 Å². The van der Waals surface area contributed by atoms with Gasteiger partial charge in [0.15, 0.2) is 11.3 Å². The van der Waals surface area contributed by atoms with Crippen molar-refractivity contribution in [2.45, 2.75) is 19.8 Å². The van der Waals surface area contributed by atoms with E-state index in [9.17, 15) is 18.8 Å². The van der Waals surface area contributed by atoms with E-state index < -0.39 is 22.8 Å². The maximum atomic E-state index is 13.7. The molecule has 0 fully saturated rings. The Morgan fingerprint density at radius 1 is 1.00 bits per heavy atom. The zero-order valence-corrected chi connectivity index (χ0v) is 21.4. The molecule has 0 amide bonds. The lowest BCUT2D eigenvalue weighted by Crippen LogP contribution is -2.30. The predicted octanol–water partition coefficient (Wildman–Crippen LogP) is 3.79. The first-order valence-corrected chi connectivity index (χ1v) is 11.8. The molecule has 38 heavy (non-hydrogen) atoms. The highest BCUT2D eigenvalue weighted by Gasteiger charge is 2.23. The number of benzene rings is 2. The lowest BCUT2D eigenvalue weighted by molar-refractivity contribution is -0.0405. The van der Waals surface area contributed by atoms with Gasteiger partial charge in [-0.3, -0.25) is 9.59 Å². The summed E-state index contributed by atoms with van der Waals surface area (Å²) >= 11 is 5.93. The van der Waals surface area contributed by atoms with E-state index in [-0.39, 0.29) is 48.4 Å². The number of hydrogen-bond donors (Lipinski definition) is 0. The van der Waals surface area contributed by atoms with Crippen molar-refractivity contribution < 1.29 is 28.1 Å². The van der Waals surface area contributed by atoms with Gasteiger partial charge in [-0.2, -0.15) is 0 Å². The van der Waals surface area contributed by atoms with Crippen LogP contribution in [0.5, 0.6) is 5.75 Å². The molecular weight excluding hydrogens is 519 g/mol. The van der Waals surface area contributed by atoms with Crippen LogP contribution < -0.4 is 15.7 Å². The molecule has 0 saturated carbocycles. The van der Waals surface area contributed by atoms with E-state index in [2.05, 4.69) is 0 Å². The minimum atomic E-state index is -0.886. The van der Waals surface area contributed by atoms with Gasteiger partial charge in [0, 0.05) is 19.5 Å². The average Bonchev–Trinajstić information content (AvgIpc) is 2.92. The lowest BCUT2D eigenvalue weighted by atomic mass is 10.2.